The van der Waals surface area contributed by atoms with E-state index in [2.05, 4.69) is 29.0 Å². The highest BCUT2D eigenvalue weighted by molar-refractivity contribution is 5.76. The van der Waals surface area contributed by atoms with E-state index < -0.39 is 0 Å². The number of nitrogens with zero attached hydrogens (tertiary/aromatic N) is 4. The van der Waals surface area contributed by atoms with Crippen LogP contribution in [-0.4, -0.2) is 39.0 Å². The van der Waals surface area contributed by atoms with E-state index in [1.54, 1.807) is 12.4 Å². The van der Waals surface area contributed by atoms with E-state index in [1.807, 2.05) is 17.0 Å². The van der Waals surface area contributed by atoms with Gasteiger partial charge >= 0.3 is 0 Å². The van der Waals surface area contributed by atoms with Crippen molar-refractivity contribution in [3.8, 4) is 11.4 Å². The van der Waals surface area contributed by atoms with Crippen LogP contribution in [0.15, 0.2) is 29.0 Å². The van der Waals surface area contributed by atoms with E-state index in [1.165, 1.54) is 6.42 Å². The summed E-state index contributed by atoms with van der Waals surface area (Å²) in [5.41, 5.74) is 0.813. The molecule has 0 saturated carbocycles. The van der Waals surface area contributed by atoms with Gasteiger partial charge in [0.2, 0.25) is 17.6 Å². The second kappa shape index (κ2) is 6.89. The maximum absolute atomic E-state index is 12.4. The molecule has 1 aliphatic heterocycles. The third-order valence-corrected chi connectivity index (χ3v) is 4.16. The van der Waals surface area contributed by atoms with Crippen LogP contribution < -0.4 is 0 Å². The second-order valence-electron chi connectivity index (χ2n) is 6.50. The summed E-state index contributed by atoms with van der Waals surface area (Å²) in [6.07, 6.45) is 5.47. The van der Waals surface area contributed by atoms with Crippen molar-refractivity contribution >= 4 is 5.91 Å². The summed E-state index contributed by atoms with van der Waals surface area (Å²) in [5.74, 6) is 2.33. The van der Waals surface area contributed by atoms with Gasteiger partial charge < -0.3 is 9.42 Å². The van der Waals surface area contributed by atoms with E-state index in [4.69, 9.17) is 4.52 Å². The molecule has 1 fully saturated rings. The largest absolute Gasteiger partial charge is 0.342 e. The molecule has 1 saturated heterocycles. The number of rotatable bonds is 4. The lowest BCUT2D eigenvalue weighted by molar-refractivity contribution is -0.133. The average molecular weight is 314 g/mol. The molecule has 23 heavy (non-hydrogen) atoms. The number of pyridine rings is 1. The minimum Gasteiger partial charge on any atom is -0.342 e. The van der Waals surface area contributed by atoms with E-state index in [0.717, 1.165) is 18.7 Å². The van der Waals surface area contributed by atoms with Gasteiger partial charge in [0.15, 0.2) is 0 Å². The molecule has 0 N–H and O–H groups in total. The molecule has 3 heterocycles. The first-order chi connectivity index (χ1) is 11.1. The van der Waals surface area contributed by atoms with Crippen molar-refractivity contribution < 1.29 is 9.32 Å². The summed E-state index contributed by atoms with van der Waals surface area (Å²) < 4.78 is 5.24. The van der Waals surface area contributed by atoms with Crippen LogP contribution in [0.4, 0.5) is 0 Å². The van der Waals surface area contributed by atoms with Crippen LogP contribution in [-0.2, 0) is 11.2 Å². The van der Waals surface area contributed by atoms with E-state index in [0.29, 0.717) is 36.4 Å². The standard InChI is InChI=1S/C17H22N4O2/c1-12-8-13(2)11-21(10-12)16(22)6-5-15-19-17(20-23-15)14-4-3-7-18-9-14/h3-4,7,9,12-13H,5-6,8,10-11H2,1-2H3/t12-,13-/m0/s1. The minimum atomic E-state index is 0.171. The van der Waals surface area contributed by atoms with Gasteiger partial charge in [-0.05, 0) is 30.4 Å². The number of amides is 1. The predicted octanol–water partition coefficient (Wildman–Crippen LogP) is 2.57. The normalized spacial score (nSPS) is 21.4. The Hall–Kier alpha value is -2.24. The molecule has 6 heteroatoms. The maximum Gasteiger partial charge on any atom is 0.227 e. The molecule has 0 aromatic carbocycles. The molecule has 0 unspecified atom stereocenters. The van der Waals surface area contributed by atoms with E-state index in [-0.39, 0.29) is 5.91 Å². The van der Waals surface area contributed by atoms with Crippen LogP contribution in [0.2, 0.25) is 0 Å². The summed E-state index contributed by atoms with van der Waals surface area (Å²) in [6.45, 7) is 6.12. The first-order valence-corrected chi connectivity index (χ1v) is 8.12. The highest BCUT2D eigenvalue weighted by atomic mass is 16.5. The monoisotopic (exact) mass is 314 g/mol. The lowest BCUT2D eigenvalue weighted by atomic mass is 9.91. The molecule has 0 spiro atoms. The van der Waals surface area contributed by atoms with Crippen molar-refractivity contribution in [2.75, 3.05) is 13.1 Å². The molecule has 3 rings (SSSR count). The first kappa shape index (κ1) is 15.6. The van der Waals surface area contributed by atoms with Gasteiger partial charge in [0.1, 0.15) is 0 Å². The Morgan fingerprint density at radius 2 is 2.13 bits per heavy atom. The Morgan fingerprint density at radius 1 is 1.35 bits per heavy atom. The van der Waals surface area contributed by atoms with Crippen molar-refractivity contribution in [1.29, 1.82) is 0 Å². The van der Waals surface area contributed by atoms with Gasteiger partial charge in [0.25, 0.3) is 0 Å². The van der Waals surface area contributed by atoms with Gasteiger partial charge in [-0.2, -0.15) is 4.98 Å². The van der Waals surface area contributed by atoms with Gasteiger partial charge in [-0.25, -0.2) is 0 Å². The van der Waals surface area contributed by atoms with Gasteiger partial charge in [-0.3, -0.25) is 9.78 Å². The molecule has 0 aliphatic carbocycles. The second-order valence-corrected chi connectivity index (χ2v) is 6.50. The lowest BCUT2D eigenvalue weighted by Gasteiger charge is -2.35. The number of aromatic nitrogens is 3. The summed E-state index contributed by atoms with van der Waals surface area (Å²) in [7, 11) is 0. The van der Waals surface area contributed by atoms with E-state index >= 15 is 0 Å². The quantitative estimate of drug-likeness (QED) is 0.867. The molecule has 2 atom stereocenters. The smallest absolute Gasteiger partial charge is 0.227 e. The van der Waals surface area contributed by atoms with Crippen molar-refractivity contribution in [3.05, 3.63) is 30.4 Å². The van der Waals surface area contributed by atoms with Gasteiger partial charge in [0.05, 0.1) is 0 Å². The Labute approximate surface area is 135 Å². The van der Waals surface area contributed by atoms with Crippen LogP contribution >= 0.6 is 0 Å². The molecular formula is C17H22N4O2. The molecule has 0 radical (unpaired) electrons. The first-order valence-electron chi connectivity index (χ1n) is 8.12. The van der Waals surface area contributed by atoms with Crippen LogP contribution in [0, 0.1) is 11.8 Å². The van der Waals surface area contributed by atoms with Crippen molar-refractivity contribution in [2.24, 2.45) is 11.8 Å². The topological polar surface area (TPSA) is 72.1 Å². The minimum absolute atomic E-state index is 0.171. The van der Waals surface area contributed by atoms with Crippen LogP contribution in [0.1, 0.15) is 32.6 Å². The fourth-order valence-corrected chi connectivity index (χ4v) is 3.21. The van der Waals surface area contributed by atoms with Crippen molar-refractivity contribution in [3.63, 3.8) is 0 Å². The lowest BCUT2D eigenvalue weighted by Crippen LogP contribution is -2.42. The fourth-order valence-electron chi connectivity index (χ4n) is 3.21. The van der Waals surface area contributed by atoms with Crippen LogP contribution in [0.5, 0.6) is 0 Å². The summed E-state index contributed by atoms with van der Waals surface area (Å²) in [5, 5.41) is 3.95. The molecule has 2 aromatic heterocycles. The van der Waals surface area contributed by atoms with Crippen LogP contribution in [0.3, 0.4) is 0 Å². The van der Waals surface area contributed by atoms with E-state index in [9.17, 15) is 4.79 Å². The molecule has 0 bridgehead atoms. The molecular weight excluding hydrogens is 292 g/mol. The Bertz CT molecular complexity index is 646. The highest BCUT2D eigenvalue weighted by Gasteiger charge is 2.25. The third-order valence-electron chi connectivity index (χ3n) is 4.16. The zero-order valence-corrected chi connectivity index (χ0v) is 13.6. The summed E-state index contributed by atoms with van der Waals surface area (Å²) in [4.78, 5) is 22.7. The van der Waals surface area contributed by atoms with Crippen LogP contribution in [0.25, 0.3) is 11.4 Å². The van der Waals surface area contributed by atoms with Crippen molar-refractivity contribution in [1.82, 2.24) is 20.0 Å². The fraction of sp³-hybridized carbons (Fsp3) is 0.529. The zero-order chi connectivity index (χ0) is 16.2. The summed E-state index contributed by atoms with van der Waals surface area (Å²) in [6, 6.07) is 3.71. The third kappa shape index (κ3) is 3.94. The highest BCUT2D eigenvalue weighted by Crippen LogP contribution is 2.22. The summed E-state index contributed by atoms with van der Waals surface area (Å²) >= 11 is 0. The molecule has 6 nitrogen and oxygen atoms in total. The Morgan fingerprint density at radius 3 is 2.83 bits per heavy atom. The zero-order valence-electron chi connectivity index (χ0n) is 13.6. The molecule has 1 amide bonds. The number of piperidine rings is 1. The number of hydrogen-bond acceptors (Lipinski definition) is 5. The number of likely N-dealkylation sites (tertiary alicyclic amines) is 1. The van der Waals surface area contributed by atoms with Gasteiger partial charge in [-0.1, -0.05) is 19.0 Å². The Balaban J connectivity index is 1.56. The number of hydrogen-bond donors (Lipinski definition) is 0. The number of carbonyl (C=O) groups is 1. The Kier molecular flexibility index (Phi) is 4.69. The predicted molar refractivity (Wildman–Crippen MR) is 85.4 cm³/mol. The number of aryl methyl sites for hydroxylation is 1. The average Bonchev–Trinajstić information content (AvgIpc) is 3.01. The number of carbonyl (C=O) groups excluding carboxylic acids is 1. The van der Waals surface area contributed by atoms with Gasteiger partial charge in [-0.15, -0.1) is 0 Å². The van der Waals surface area contributed by atoms with Crippen molar-refractivity contribution in [2.45, 2.75) is 33.1 Å². The molecule has 122 valence electrons. The maximum atomic E-state index is 12.4. The molecule has 2 aromatic rings. The van der Waals surface area contributed by atoms with Gasteiger partial charge in [0, 0.05) is 43.9 Å². The SMILES string of the molecule is C[C@H]1C[C@H](C)CN(C(=O)CCc2nc(-c3cccnc3)no2)C1. The molecule has 1 aliphatic rings.